The number of nitrogens with one attached hydrogen (secondary N) is 1. The van der Waals surface area contributed by atoms with Gasteiger partial charge in [0.15, 0.2) is 0 Å². The van der Waals surface area contributed by atoms with Gasteiger partial charge >= 0.3 is 0 Å². The Morgan fingerprint density at radius 3 is 2.94 bits per heavy atom. The molecule has 0 unspecified atom stereocenters. The zero-order chi connectivity index (χ0) is 11.0. The van der Waals surface area contributed by atoms with Gasteiger partial charge in [-0.2, -0.15) is 5.10 Å². The molecule has 0 saturated heterocycles. The number of fused-ring (bicyclic) bond motifs is 1. The van der Waals surface area contributed by atoms with Crippen molar-refractivity contribution in [3.8, 4) is 0 Å². The molecule has 1 fully saturated rings. The van der Waals surface area contributed by atoms with Gasteiger partial charge in [-0.25, -0.2) is 0 Å². The summed E-state index contributed by atoms with van der Waals surface area (Å²) >= 11 is 0. The standard InChI is InChI=1S/C12H20N4/c13-7-11-10-5-6-14-8-12(10)16(15-11)9-3-1-2-4-9/h9,14H,1-8,13H2. The van der Waals surface area contributed by atoms with Gasteiger partial charge in [-0.15, -0.1) is 0 Å². The largest absolute Gasteiger partial charge is 0.325 e. The first kappa shape index (κ1) is 10.3. The summed E-state index contributed by atoms with van der Waals surface area (Å²) in [5.41, 5.74) is 9.74. The minimum Gasteiger partial charge on any atom is -0.325 e. The van der Waals surface area contributed by atoms with Crippen LogP contribution in [0.15, 0.2) is 0 Å². The summed E-state index contributed by atoms with van der Waals surface area (Å²) in [7, 11) is 0. The molecule has 4 heteroatoms. The Labute approximate surface area is 96.2 Å². The van der Waals surface area contributed by atoms with Crippen molar-refractivity contribution in [2.24, 2.45) is 5.73 Å². The topological polar surface area (TPSA) is 55.9 Å². The molecule has 1 aliphatic carbocycles. The number of aromatic nitrogens is 2. The highest BCUT2D eigenvalue weighted by Gasteiger charge is 2.25. The maximum atomic E-state index is 5.79. The zero-order valence-corrected chi connectivity index (χ0v) is 9.71. The maximum Gasteiger partial charge on any atom is 0.0796 e. The molecule has 0 bridgehead atoms. The Morgan fingerprint density at radius 1 is 1.38 bits per heavy atom. The highest BCUT2D eigenvalue weighted by molar-refractivity contribution is 5.29. The number of hydrogen-bond donors (Lipinski definition) is 2. The fraction of sp³-hybridized carbons (Fsp3) is 0.750. The van der Waals surface area contributed by atoms with Crippen molar-refractivity contribution in [1.82, 2.24) is 15.1 Å². The molecule has 0 spiro atoms. The van der Waals surface area contributed by atoms with Gasteiger partial charge < -0.3 is 11.1 Å². The minimum atomic E-state index is 0.585. The molecule has 0 radical (unpaired) electrons. The van der Waals surface area contributed by atoms with Crippen LogP contribution < -0.4 is 11.1 Å². The van der Waals surface area contributed by atoms with E-state index in [1.165, 1.54) is 36.9 Å². The first-order valence-electron chi connectivity index (χ1n) is 6.40. The Kier molecular flexibility index (Phi) is 2.69. The molecular weight excluding hydrogens is 200 g/mol. The zero-order valence-electron chi connectivity index (χ0n) is 9.71. The molecule has 1 saturated carbocycles. The van der Waals surface area contributed by atoms with Gasteiger partial charge in [-0.1, -0.05) is 12.8 Å². The number of nitrogens with two attached hydrogens (primary N) is 1. The first-order valence-corrected chi connectivity index (χ1v) is 6.40. The number of nitrogens with zero attached hydrogens (tertiary/aromatic N) is 2. The second kappa shape index (κ2) is 4.18. The van der Waals surface area contributed by atoms with Crippen LogP contribution in [0, 0.1) is 0 Å². The molecule has 0 amide bonds. The van der Waals surface area contributed by atoms with Crippen LogP contribution >= 0.6 is 0 Å². The Balaban J connectivity index is 2.00. The summed E-state index contributed by atoms with van der Waals surface area (Å²) in [6.45, 7) is 2.62. The molecule has 3 N–H and O–H groups in total. The van der Waals surface area contributed by atoms with Gasteiger partial charge in [0.25, 0.3) is 0 Å². The van der Waals surface area contributed by atoms with Gasteiger partial charge in [-0.3, -0.25) is 4.68 Å². The van der Waals surface area contributed by atoms with Gasteiger partial charge in [-0.05, 0) is 25.8 Å². The van der Waals surface area contributed by atoms with Crippen molar-refractivity contribution in [3.63, 3.8) is 0 Å². The molecule has 88 valence electrons. The lowest BCUT2D eigenvalue weighted by Gasteiger charge is -2.19. The number of rotatable bonds is 2. The second-order valence-electron chi connectivity index (χ2n) is 4.89. The van der Waals surface area contributed by atoms with Crippen molar-refractivity contribution >= 4 is 0 Å². The van der Waals surface area contributed by atoms with Crippen molar-refractivity contribution in [3.05, 3.63) is 17.0 Å². The predicted molar refractivity (Wildman–Crippen MR) is 63.0 cm³/mol. The van der Waals surface area contributed by atoms with Crippen LogP contribution in [0.2, 0.25) is 0 Å². The molecule has 2 aliphatic rings. The van der Waals surface area contributed by atoms with Crippen LogP contribution in [0.4, 0.5) is 0 Å². The fourth-order valence-corrected chi connectivity index (χ4v) is 3.07. The van der Waals surface area contributed by atoms with Crippen molar-refractivity contribution < 1.29 is 0 Å². The van der Waals surface area contributed by atoms with Crippen LogP contribution in [0.3, 0.4) is 0 Å². The summed E-state index contributed by atoms with van der Waals surface area (Å²) in [4.78, 5) is 0. The van der Waals surface area contributed by atoms with Crippen LogP contribution in [0.1, 0.15) is 48.7 Å². The van der Waals surface area contributed by atoms with Gasteiger partial charge in [0, 0.05) is 18.7 Å². The fourth-order valence-electron chi connectivity index (χ4n) is 3.07. The van der Waals surface area contributed by atoms with Crippen molar-refractivity contribution in [2.75, 3.05) is 6.54 Å². The highest BCUT2D eigenvalue weighted by atomic mass is 15.3. The molecule has 1 aromatic heterocycles. The summed E-state index contributed by atoms with van der Waals surface area (Å²) in [5.74, 6) is 0. The van der Waals surface area contributed by atoms with Crippen LogP contribution in [-0.2, 0) is 19.5 Å². The van der Waals surface area contributed by atoms with E-state index in [4.69, 9.17) is 10.8 Å². The van der Waals surface area contributed by atoms with E-state index in [1.807, 2.05) is 0 Å². The van der Waals surface area contributed by atoms with Crippen LogP contribution in [0.5, 0.6) is 0 Å². The third-order valence-electron chi connectivity index (χ3n) is 3.91. The second-order valence-corrected chi connectivity index (χ2v) is 4.89. The predicted octanol–water partition coefficient (Wildman–Crippen LogP) is 1.10. The molecule has 0 aromatic carbocycles. The molecule has 3 rings (SSSR count). The molecule has 16 heavy (non-hydrogen) atoms. The van der Waals surface area contributed by atoms with Gasteiger partial charge in [0.1, 0.15) is 0 Å². The SMILES string of the molecule is NCc1nn(C2CCCC2)c2c1CCNC2. The Morgan fingerprint density at radius 2 is 2.19 bits per heavy atom. The van der Waals surface area contributed by atoms with Crippen LogP contribution in [0.25, 0.3) is 0 Å². The van der Waals surface area contributed by atoms with E-state index >= 15 is 0 Å². The van der Waals surface area contributed by atoms with E-state index in [0.29, 0.717) is 12.6 Å². The molecule has 1 aromatic rings. The van der Waals surface area contributed by atoms with Gasteiger partial charge in [0.2, 0.25) is 0 Å². The first-order chi connectivity index (χ1) is 7.90. The lowest BCUT2D eigenvalue weighted by molar-refractivity contribution is 0.434. The summed E-state index contributed by atoms with van der Waals surface area (Å²) < 4.78 is 2.27. The van der Waals surface area contributed by atoms with E-state index in [2.05, 4.69) is 10.00 Å². The maximum absolute atomic E-state index is 5.79. The molecule has 4 nitrogen and oxygen atoms in total. The third-order valence-corrected chi connectivity index (χ3v) is 3.91. The van der Waals surface area contributed by atoms with Crippen molar-refractivity contribution in [1.29, 1.82) is 0 Å². The van der Waals surface area contributed by atoms with Crippen LogP contribution in [-0.4, -0.2) is 16.3 Å². The Bertz CT molecular complexity index is 377. The average Bonchev–Trinajstić information content (AvgIpc) is 2.95. The molecule has 1 aliphatic heterocycles. The van der Waals surface area contributed by atoms with E-state index < -0.39 is 0 Å². The van der Waals surface area contributed by atoms with Gasteiger partial charge in [0.05, 0.1) is 17.4 Å². The summed E-state index contributed by atoms with van der Waals surface area (Å²) in [6.07, 6.45) is 6.38. The average molecular weight is 220 g/mol. The summed E-state index contributed by atoms with van der Waals surface area (Å²) in [6, 6.07) is 0.633. The number of hydrogen-bond acceptors (Lipinski definition) is 3. The van der Waals surface area contributed by atoms with Crippen molar-refractivity contribution in [2.45, 2.75) is 51.2 Å². The third kappa shape index (κ3) is 1.57. The van der Waals surface area contributed by atoms with E-state index in [0.717, 1.165) is 25.2 Å². The van der Waals surface area contributed by atoms with E-state index in [-0.39, 0.29) is 0 Å². The normalized spacial score (nSPS) is 21.3. The quantitative estimate of drug-likeness (QED) is 0.785. The minimum absolute atomic E-state index is 0.585. The summed E-state index contributed by atoms with van der Waals surface area (Å²) in [5, 5.41) is 8.18. The molecule has 0 atom stereocenters. The van der Waals surface area contributed by atoms with E-state index in [9.17, 15) is 0 Å². The molecular formula is C12H20N4. The monoisotopic (exact) mass is 220 g/mol. The lowest BCUT2D eigenvalue weighted by atomic mass is 10.1. The molecule has 2 heterocycles. The highest BCUT2D eigenvalue weighted by Crippen LogP contribution is 2.32. The van der Waals surface area contributed by atoms with E-state index in [1.54, 1.807) is 0 Å². The smallest absolute Gasteiger partial charge is 0.0796 e. The lowest BCUT2D eigenvalue weighted by Crippen LogP contribution is -2.26. The Hall–Kier alpha value is -0.870.